The second-order valence-electron chi connectivity index (χ2n) is 3.19. The fourth-order valence-corrected chi connectivity index (χ4v) is 1.48. The van der Waals surface area contributed by atoms with Gasteiger partial charge in [0, 0.05) is 6.42 Å². The Kier molecular flexibility index (Phi) is 2.74. The normalized spacial score (nSPS) is 24.0. The van der Waals surface area contributed by atoms with Gasteiger partial charge in [-0.2, -0.15) is 0 Å². The van der Waals surface area contributed by atoms with Crippen molar-refractivity contribution < 1.29 is 14.6 Å². The van der Waals surface area contributed by atoms with Crippen molar-refractivity contribution in [2.24, 2.45) is 5.92 Å². The zero-order valence-electron chi connectivity index (χ0n) is 7.46. The van der Waals surface area contributed by atoms with E-state index in [0.29, 0.717) is 25.0 Å². The zero-order valence-corrected chi connectivity index (χ0v) is 7.46. The summed E-state index contributed by atoms with van der Waals surface area (Å²) in [6, 6.07) is 0. The number of allylic oxidation sites excluding steroid dienone is 2. The summed E-state index contributed by atoms with van der Waals surface area (Å²) in [6.45, 7) is 1.85. The van der Waals surface area contributed by atoms with Crippen LogP contribution in [0.3, 0.4) is 0 Å². The second-order valence-corrected chi connectivity index (χ2v) is 3.19. The number of aliphatic hydroxyl groups excluding tert-OH is 1. The van der Waals surface area contributed by atoms with Crippen molar-refractivity contribution in [3.8, 4) is 0 Å². The SMILES string of the molecule is COC(=O)C1CCC(O)=C(C)C1. The summed E-state index contributed by atoms with van der Waals surface area (Å²) in [5.41, 5.74) is 0.914. The summed E-state index contributed by atoms with van der Waals surface area (Å²) in [4.78, 5) is 11.1. The maximum Gasteiger partial charge on any atom is 0.308 e. The van der Waals surface area contributed by atoms with Crippen molar-refractivity contribution >= 4 is 5.97 Å². The summed E-state index contributed by atoms with van der Waals surface area (Å²) in [6.07, 6.45) is 1.94. The van der Waals surface area contributed by atoms with Gasteiger partial charge in [-0.25, -0.2) is 0 Å². The maximum atomic E-state index is 11.1. The summed E-state index contributed by atoms with van der Waals surface area (Å²) in [5, 5.41) is 9.28. The first-order valence-electron chi connectivity index (χ1n) is 4.10. The lowest BCUT2D eigenvalue weighted by molar-refractivity contribution is -0.145. The molecule has 0 bridgehead atoms. The van der Waals surface area contributed by atoms with Crippen LogP contribution in [0.15, 0.2) is 11.3 Å². The lowest BCUT2D eigenvalue weighted by Crippen LogP contribution is -2.20. The highest BCUT2D eigenvalue weighted by Gasteiger charge is 2.24. The molecule has 3 heteroatoms. The van der Waals surface area contributed by atoms with Crippen molar-refractivity contribution in [2.75, 3.05) is 7.11 Å². The minimum atomic E-state index is -0.165. The predicted octanol–water partition coefficient (Wildman–Crippen LogP) is 1.79. The molecule has 1 atom stereocenters. The first-order chi connectivity index (χ1) is 5.65. The van der Waals surface area contributed by atoms with Gasteiger partial charge >= 0.3 is 5.97 Å². The van der Waals surface area contributed by atoms with Gasteiger partial charge < -0.3 is 9.84 Å². The van der Waals surface area contributed by atoms with E-state index in [1.54, 1.807) is 0 Å². The van der Waals surface area contributed by atoms with Gasteiger partial charge in [-0.1, -0.05) is 0 Å². The average molecular weight is 170 g/mol. The van der Waals surface area contributed by atoms with Crippen LogP contribution in [0.5, 0.6) is 0 Å². The van der Waals surface area contributed by atoms with Crippen molar-refractivity contribution in [3.63, 3.8) is 0 Å². The Morgan fingerprint density at radius 1 is 1.67 bits per heavy atom. The third-order valence-electron chi connectivity index (χ3n) is 2.31. The molecule has 3 nitrogen and oxygen atoms in total. The molecule has 1 N–H and O–H groups in total. The van der Waals surface area contributed by atoms with Crippen LogP contribution in [0.25, 0.3) is 0 Å². The third-order valence-corrected chi connectivity index (χ3v) is 2.31. The average Bonchev–Trinajstić information content (AvgIpc) is 2.08. The number of ether oxygens (including phenoxy) is 1. The molecular weight excluding hydrogens is 156 g/mol. The molecule has 1 rings (SSSR count). The van der Waals surface area contributed by atoms with Gasteiger partial charge in [0.25, 0.3) is 0 Å². The topological polar surface area (TPSA) is 46.5 Å². The van der Waals surface area contributed by atoms with Crippen LogP contribution < -0.4 is 0 Å². The third kappa shape index (κ3) is 1.78. The number of hydrogen-bond acceptors (Lipinski definition) is 3. The lowest BCUT2D eigenvalue weighted by atomic mass is 9.88. The van der Waals surface area contributed by atoms with E-state index in [1.165, 1.54) is 7.11 Å². The van der Waals surface area contributed by atoms with Crippen molar-refractivity contribution in [2.45, 2.75) is 26.2 Å². The van der Waals surface area contributed by atoms with Gasteiger partial charge in [-0.05, 0) is 25.3 Å². The van der Waals surface area contributed by atoms with E-state index in [4.69, 9.17) is 0 Å². The highest BCUT2D eigenvalue weighted by Crippen LogP contribution is 2.28. The first-order valence-corrected chi connectivity index (χ1v) is 4.10. The quantitative estimate of drug-likeness (QED) is 0.610. The molecule has 0 saturated carbocycles. The van der Waals surface area contributed by atoms with Crippen LogP contribution in [0.2, 0.25) is 0 Å². The molecule has 0 aromatic carbocycles. The fraction of sp³-hybridized carbons (Fsp3) is 0.667. The molecule has 1 aliphatic carbocycles. The first kappa shape index (κ1) is 9.10. The molecule has 68 valence electrons. The largest absolute Gasteiger partial charge is 0.512 e. The van der Waals surface area contributed by atoms with Crippen molar-refractivity contribution in [1.29, 1.82) is 0 Å². The summed E-state index contributed by atoms with van der Waals surface area (Å²) >= 11 is 0. The highest BCUT2D eigenvalue weighted by molar-refractivity contribution is 5.72. The molecule has 0 aromatic rings. The van der Waals surface area contributed by atoms with Crippen LogP contribution in [-0.4, -0.2) is 18.2 Å². The van der Waals surface area contributed by atoms with E-state index in [0.717, 1.165) is 5.57 Å². The van der Waals surface area contributed by atoms with Crippen LogP contribution in [0, 0.1) is 5.92 Å². The van der Waals surface area contributed by atoms with Crippen LogP contribution in [0.4, 0.5) is 0 Å². The highest BCUT2D eigenvalue weighted by atomic mass is 16.5. The van der Waals surface area contributed by atoms with Crippen molar-refractivity contribution in [3.05, 3.63) is 11.3 Å². The molecule has 0 fully saturated rings. The Morgan fingerprint density at radius 2 is 2.33 bits per heavy atom. The minimum absolute atomic E-state index is 0.0501. The molecular formula is C9H14O3. The van der Waals surface area contributed by atoms with Crippen LogP contribution >= 0.6 is 0 Å². The summed E-state index contributed by atoms with van der Waals surface area (Å²) < 4.78 is 4.63. The van der Waals surface area contributed by atoms with E-state index in [9.17, 15) is 9.90 Å². The van der Waals surface area contributed by atoms with E-state index in [2.05, 4.69) is 4.74 Å². The Bertz CT molecular complexity index is 218. The van der Waals surface area contributed by atoms with E-state index in [1.807, 2.05) is 6.92 Å². The van der Waals surface area contributed by atoms with E-state index >= 15 is 0 Å². The zero-order chi connectivity index (χ0) is 9.14. The Morgan fingerprint density at radius 3 is 2.83 bits per heavy atom. The van der Waals surface area contributed by atoms with Crippen LogP contribution in [-0.2, 0) is 9.53 Å². The molecule has 0 aliphatic heterocycles. The minimum Gasteiger partial charge on any atom is -0.512 e. The number of hydrogen-bond donors (Lipinski definition) is 1. The maximum absolute atomic E-state index is 11.1. The Balaban J connectivity index is 2.60. The number of esters is 1. The van der Waals surface area contributed by atoms with Gasteiger partial charge in [0.2, 0.25) is 0 Å². The molecule has 0 heterocycles. The van der Waals surface area contributed by atoms with Crippen molar-refractivity contribution in [1.82, 2.24) is 0 Å². The van der Waals surface area contributed by atoms with Crippen LogP contribution in [0.1, 0.15) is 26.2 Å². The van der Waals surface area contributed by atoms with Gasteiger partial charge in [-0.15, -0.1) is 0 Å². The lowest BCUT2D eigenvalue weighted by Gasteiger charge is -2.20. The number of carbonyl (C=O) groups is 1. The summed E-state index contributed by atoms with van der Waals surface area (Å²) in [7, 11) is 1.40. The van der Waals surface area contributed by atoms with Gasteiger partial charge in [-0.3, -0.25) is 4.79 Å². The number of methoxy groups -OCH3 is 1. The molecule has 0 aromatic heterocycles. The number of rotatable bonds is 1. The smallest absolute Gasteiger partial charge is 0.308 e. The fourth-order valence-electron chi connectivity index (χ4n) is 1.48. The van der Waals surface area contributed by atoms with Gasteiger partial charge in [0.15, 0.2) is 0 Å². The predicted molar refractivity (Wildman–Crippen MR) is 44.7 cm³/mol. The molecule has 0 amide bonds. The standard InChI is InChI=1S/C9H14O3/c1-6-5-7(9(11)12-2)3-4-8(6)10/h7,10H,3-5H2,1-2H3. The molecule has 0 saturated heterocycles. The van der Waals surface area contributed by atoms with Gasteiger partial charge in [0.1, 0.15) is 0 Å². The number of carbonyl (C=O) groups excluding carboxylic acids is 1. The molecule has 1 aliphatic rings. The van der Waals surface area contributed by atoms with E-state index < -0.39 is 0 Å². The van der Waals surface area contributed by atoms with Gasteiger partial charge in [0.05, 0.1) is 18.8 Å². The molecule has 0 radical (unpaired) electrons. The monoisotopic (exact) mass is 170 g/mol. The molecule has 0 spiro atoms. The number of aliphatic hydroxyl groups is 1. The summed E-state index contributed by atoms with van der Waals surface area (Å²) in [5.74, 6) is 0.225. The Hall–Kier alpha value is -0.990. The molecule has 1 unspecified atom stereocenters. The van der Waals surface area contributed by atoms with E-state index in [-0.39, 0.29) is 11.9 Å². The Labute approximate surface area is 72.0 Å². The second kappa shape index (κ2) is 3.61. The molecule has 12 heavy (non-hydrogen) atoms.